The SMILES string of the molecule is C=C/C=C(\C(C)=C(/C)NC(=C)C(=C)c1c(NC)ccc(-c2cncc(CNCC)c2)c1F)n1cnc(C)c1.CC. The lowest BCUT2D eigenvalue weighted by Gasteiger charge is -2.20. The standard InChI is InChI=1S/C31H37FN6.C2H6/c1-9-11-29(38-18-20(3)36-19-38)21(4)23(6)37-24(7)22(5)30-28(33-8)13-12-27(31(30)32)26-14-25(15-34-10-2)16-35-17-26;1-2/h9,11-14,16-19,33-34,37H,1,5,7,10,15H2,2-4,6,8H3;1-2H3/b23-21+,29-11+;. The molecule has 3 aromatic rings. The molecule has 2 heterocycles. The van der Waals surface area contributed by atoms with E-state index in [1.165, 1.54) is 0 Å². The normalized spacial score (nSPS) is 11.7. The highest BCUT2D eigenvalue weighted by Gasteiger charge is 2.19. The van der Waals surface area contributed by atoms with Gasteiger partial charge in [0.15, 0.2) is 0 Å². The Balaban J connectivity index is 0.00000274. The Bertz CT molecular complexity index is 1410. The van der Waals surface area contributed by atoms with Crippen LogP contribution >= 0.6 is 0 Å². The number of aryl methyl sites for hydroxylation is 1. The number of nitrogens with zero attached hydrogens (tertiary/aromatic N) is 3. The van der Waals surface area contributed by atoms with E-state index < -0.39 is 0 Å². The number of pyridine rings is 1. The van der Waals surface area contributed by atoms with Gasteiger partial charge in [0.1, 0.15) is 5.82 Å². The predicted octanol–water partition coefficient (Wildman–Crippen LogP) is 7.71. The Morgan fingerprint density at radius 2 is 1.88 bits per heavy atom. The molecule has 2 aromatic heterocycles. The second-order valence-electron chi connectivity index (χ2n) is 9.00. The van der Waals surface area contributed by atoms with Crippen LogP contribution in [0.1, 0.15) is 51.4 Å². The Labute approximate surface area is 239 Å². The number of benzene rings is 1. The highest BCUT2D eigenvalue weighted by Crippen LogP contribution is 2.35. The number of rotatable bonds is 12. The molecule has 0 atom stereocenters. The zero-order valence-corrected chi connectivity index (χ0v) is 25.0. The van der Waals surface area contributed by atoms with Crippen LogP contribution in [0.4, 0.5) is 10.1 Å². The minimum absolute atomic E-state index is 0.358. The van der Waals surface area contributed by atoms with E-state index in [1.54, 1.807) is 37.9 Å². The molecule has 0 aliphatic carbocycles. The molecule has 0 radical (unpaired) electrons. The van der Waals surface area contributed by atoms with Gasteiger partial charge in [0, 0.05) is 71.5 Å². The van der Waals surface area contributed by atoms with Crippen molar-refractivity contribution in [1.29, 1.82) is 0 Å². The molecular formula is C33H43FN6. The molecule has 0 spiro atoms. The molecule has 212 valence electrons. The van der Waals surface area contributed by atoms with Gasteiger partial charge in [-0.25, -0.2) is 9.37 Å². The predicted molar refractivity (Wildman–Crippen MR) is 169 cm³/mol. The number of nitrogens with one attached hydrogen (secondary N) is 3. The fourth-order valence-corrected chi connectivity index (χ4v) is 4.11. The number of halogens is 1. The average molecular weight is 543 g/mol. The number of hydrogen-bond donors (Lipinski definition) is 3. The van der Waals surface area contributed by atoms with Gasteiger partial charge in [-0.2, -0.15) is 0 Å². The fraction of sp³-hybridized carbons (Fsp3) is 0.273. The smallest absolute Gasteiger partial charge is 0.141 e. The van der Waals surface area contributed by atoms with Crippen LogP contribution in [0.2, 0.25) is 0 Å². The van der Waals surface area contributed by atoms with Crippen molar-refractivity contribution in [1.82, 2.24) is 25.2 Å². The maximum absolute atomic E-state index is 16.1. The lowest BCUT2D eigenvalue weighted by Crippen LogP contribution is -2.15. The molecule has 1 aromatic carbocycles. The van der Waals surface area contributed by atoms with E-state index >= 15 is 4.39 Å². The molecule has 3 N–H and O–H groups in total. The van der Waals surface area contributed by atoms with E-state index in [1.807, 2.05) is 70.5 Å². The first kappa shape index (κ1) is 32.0. The topological polar surface area (TPSA) is 66.8 Å². The van der Waals surface area contributed by atoms with E-state index in [-0.39, 0.29) is 5.82 Å². The summed E-state index contributed by atoms with van der Waals surface area (Å²) in [6, 6.07) is 5.56. The number of anilines is 1. The van der Waals surface area contributed by atoms with Crippen molar-refractivity contribution in [3.8, 4) is 11.1 Å². The molecule has 0 bridgehead atoms. The second-order valence-corrected chi connectivity index (χ2v) is 9.00. The number of aromatic nitrogens is 3. The van der Waals surface area contributed by atoms with Gasteiger partial charge in [-0.15, -0.1) is 0 Å². The first-order valence-corrected chi connectivity index (χ1v) is 13.5. The van der Waals surface area contributed by atoms with Crippen molar-refractivity contribution in [2.24, 2.45) is 0 Å². The molecule has 0 amide bonds. The summed E-state index contributed by atoms with van der Waals surface area (Å²) in [7, 11) is 1.76. The third kappa shape index (κ3) is 7.67. The lowest BCUT2D eigenvalue weighted by atomic mass is 9.95. The first-order valence-electron chi connectivity index (χ1n) is 13.5. The molecule has 6 nitrogen and oxygen atoms in total. The highest BCUT2D eigenvalue weighted by molar-refractivity contribution is 5.87. The van der Waals surface area contributed by atoms with Crippen LogP contribution in [0.15, 0.2) is 92.0 Å². The molecule has 3 rings (SSSR count). The summed E-state index contributed by atoms with van der Waals surface area (Å²) in [5.74, 6) is -0.383. The minimum Gasteiger partial charge on any atom is -0.388 e. The van der Waals surface area contributed by atoms with Gasteiger partial charge in [0.25, 0.3) is 0 Å². The zero-order valence-electron chi connectivity index (χ0n) is 25.0. The number of allylic oxidation sites excluding steroid dienone is 6. The molecule has 0 saturated heterocycles. The number of hydrogen-bond acceptors (Lipinski definition) is 5. The summed E-state index contributed by atoms with van der Waals surface area (Å²) >= 11 is 0. The molecule has 0 fully saturated rings. The summed E-state index contributed by atoms with van der Waals surface area (Å²) in [6.45, 7) is 25.7. The summed E-state index contributed by atoms with van der Waals surface area (Å²) < 4.78 is 18.0. The second kappa shape index (κ2) is 15.4. The molecule has 7 heteroatoms. The van der Waals surface area contributed by atoms with Gasteiger partial charge in [-0.1, -0.05) is 46.6 Å². The molecule has 0 aliphatic rings. The van der Waals surface area contributed by atoms with E-state index in [0.717, 1.165) is 34.8 Å². The van der Waals surface area contributed by atoms with Gasteiger partial charge in [0.2, 0.25) is 0 Å². The van der Waals surface area contributed by atoms with E-state index in [0.29, 0.717) is 40.2 Å². The third-order valence-electron chi connectivity index (χ3n) is 6.31. The summed E-state index contributed by atoms with van der Waals surface area (Å²) in [6.07, 6.45) is 10.8. The number of imidazole rings is 1. The fourth-order valence-electron chi connectivity index (χ4n) is 4.11. The van der Waals surface area contributed by atoms with Gasteiger partial charge >= 0.3 is 0 Å². The Kier molecular flexibility index (Phi) is 12.3. The first-order chi connectivity index (χ1) is 19.2. The van der Waals surface area contributed by atoms with Crippen LogP contribution in [0.5, 0.6) is 0 Å². The Morgan fingerprint density at radius 3 is 2.48 bits per heavy atom. The van der Waals surface area contributed by atoms with Crippen molar-refractivity contribution in [3.05, 3.63) is 115 Å². The van der Waals surface area contributed by atoms with E-state index in [2.05, 4.69) is 45.7 Å². The molecule has 0 aliphatic heterocycles. The van der Waals surface area contributed by atoms with Crippen molar-refractivity contribution in [2.45, 2.75) is 48.1 Å². The van der Waals surface area contributed by atoms with Crippen LogP contribution in [0, 0.1) is 12.7 Å². The highest BCUT2D eigenvalue weighted by atomic mass is 19.1. The average Bonchev–Trinajstić information content (AvgIpc) is 3.40. The van der Waals surface area contributed by atoms with Crippen LogP contribution in [0.3, 0.4) is 0 Å². The largest absolute Gasteiger partial charge is 0.388 e. The summed E-state index contributed by atoms with van der Waals surface area (Å²) in [5, 5.41) is 9.69. The monoisotopic (exact) mass is 542 g/mol. The van der Waals surface area contributed by atoms with Gasteiger partial charge < -0.3 is 20.5 Å². The van der Waals surface area contributed by atoms with E-state index in [4.69, 9.17) is 0 Å². The van der Waals surface area contributed by atoms with E-state index in [9.17, 15) is 0 Å². The summed E-state index contributed by atoms with van der Waals surface area (Å²) in [4.78, 5) is 8.65. The molecular weight excluding hydrogens is 499 g/mol. The quantitative estimate of drug-likeness (QED) is 0.205. The molecule has 40 heavy (non-hydrogen) atoms. The molecule has 0 saturated carbocycles. The van der Waals surface area contributed by atoms with Crippen molar-refractivity contribution in [2.75, 3.05) is 18.9 Å². The maximum atomic E-state index is 16.1. The Morgan fingerprint density at radius 1 is 1.15 bits per heavy atom. The van der Waals surface area contributed by atoms with Crippen LogP contribution in [0.25, 0.3) is 22.4 Å². The zero-order chi connectivity index (χ0) is 29.8. The van der Waals surface area contributed by atoms with Crippen molar-refractivity contribution >= 4 is 17.0 Å². The van der Waals surface area contributed by atoms with Gasteiger partial charge in [-0.3, -0.25) is 4.98 Å². The van der Waals surface area contributed by atoms with Crippen LogP contribution < -0.4 is 16.0 Å². The Hall–Kier alpha value is -4.23. The van der Waals surface area contributed by atoms with Gasteiger partial charge in [0.05, 0.1) is 17.7 Å². The van der Waals surface area contributed by atoms with Crippen molar-refractivity contribution < 1.29 is 4.39 Å². The maximum Gasteiger partial charge on any atom is 0.141 e. The van der Waals surface area contributed by atoms with Crippen molar-refractivity contribution in [3.63, 3.8) is 0 Å². The molecule has 0 unspecified atom stereocenters. The lowest BCUT2D eigenvalue weighted by molar-refractivity contribution is 0.628. The van der Waals surface area contributed by atoms with Crippen LogP contribution in [-0.2, 0) is 6.54 Å². The third-order valence-corrected chi connectivity index (χ3v) is 6.31. The summed E-state index contributed by atoms with van der Waals surface area (Å²) in [5.41, 5.74) is 7.70. The van der Waals surface area contributed by atoms with Crippen LogP contribution in [-0.4, -0.2) is 28.1 Å². The minimum atomic E-state index is -0.383. The van der Waals surface area contributed by atoms with Gasteiger partial charge in [-0.05, 0) is 62.7 Å².